The summed E-state index contributed by atoms with van der Waals surface area (Å²) in [7, 11) is 1.82. The van der Waals surface area contributed by atoms with Gasteiger partial charge in [-0.3, -0.25) is 9.48 Å². The lowest BCUT2D eigenvalue weighted by atomic mass is 9.97. The molecular formula is C14H23N5O. The smallest absolute Gasteiger partial charge is 0.241 e. The van der Waals surface area contributed by atoms with Gasteiger partial charge in [0, 0.05) is 37.4 Å². The lowest BCUT2D eigenvalue weighted by molar-refractivity contribution is -0.123. The number of nitrogens with zero attached hydrogens (tertiary/aromatic N) is 3. The van der Waals surface area contributed by atoms with Crippen molar-refractivity contribution in [2.75, 3.05) is 13.1 Å². The van der Waals surface area contributed by atoms with Crippen molar-refractivity contribution in [3.8, 4) is 0 Å². The average Bonchev–Trinajstić information content (AvgIpc) is 3.05. The molecule has 3 unspecified atom stereocenters. The van der Waals surface area contributed by atoms with Crippen molar-refractivity contribution >= 4 is 5.91 Å². The van der Waals surface area contributed by atoms with Crippen LogP contribution < -0.4 is 11.1 Å². The molecular weight excluding hydrogens is 254 g/mol. The van der Waals surface area contributed by atoms with Crippen LogP contribution in [0.3, 0.4) is 0 Å². The zero-order valence-corrected chi connectivity index (χ0v) is 12.0. The maximum absolute atomic E-state index is 12.2. The maximum atomic E-state index is 12.2. The van der Waals surface area contributed by atoms with Gasteiger partial charge in [-0.25, -0.2) is 0 Å². The van der Waals surface area contributed by atoms with Gasteiger partial charge in [-0.05, 0) is 32.2 Å². The Balaban J connectivity index is 1.56. The Hall–Kier alpha value is -1.40. The van der Waals surface area contributed by atoms with Crippen molar-refractivity contribution < 1.29 is 4.79 Å². The molecule has 2 aliphatic rings. The van der Waals surface area contributed by atoms with Gasteiger partial charge in [0.25, 0.3) is 0 Å². The zero-order valence-electron chi connectivity index (χ0n) is 12.0. The van der Waals surface area contributed by atoms with Crippen LogP contribution in [0, 0.1) is 0 Å². The van der Waals surface area contributed by atoms with Crippen LogP contribution in [-0.4, -0.2) is 45.8 Å². The lowest BCUT2D eigenvalue weighted by Gasteiger charge is -2.35. The molecule has 6 nitrogen and oxygen atoms in total. The van der Waals surface area contributed by atoms with Crippen LogP contribution in [0.15, 0.2) is 12.4 Å². The first-order valence-electron chi connectivity index (χ1n) is 7.42. The topological polar surface area (TPSA) is 76.2 Å². The molecule has 0 bridgehead atoms. The average molecular weight is 277 g/mol. The molecule has 1 amide bonds. The number of piperidine rings is 1. The summed E-state index contributed by atoms with van der Waals surface area (Å²) in [6.07, 6.45) is 8.10. The molecule has 2 aliphatic heterocycles. The van der Waals surface area contributed by atoms with Crippen molar-refractivity contribution in [1.82, 2.24) is 20.0 Å². The Morgan fingerprint density at radius 1 is 1.50 bits per heavy atom. The molecule has 2 fully saturated rings. The molecule has 110 valence electrons. The Morgan fingerprint density at radius 2 is 2.35 bits per heavy atom. The van der Waals surface area contributed by atoms with Crippen LogP contribution in [0.5, 0.6) is 0 Å². The minimum absolute atomic E-state index is 0.0885. The SMILES string of the molecule is Cn1cc(C(N)C(=O)NC2CCN3CCCC3C2)cn1. The number of fused-ring (bicyclic) bond motifs is 1. The summed E-state index contributed by atoms with van der Waals surface area (Å²) in [5.74, 6) is -0.0885. The van der Waals surface area contributed by atoms with Crippen LogP contribution in [0.1, 0.15) is 37.3 Å². The van der Waals surface area contributed by atoms with Crippen molar-refractivity contribution in [2.24, 2.45) is 12.8 Å². The second-order valence-electron chi connectivity index (χ2n) is 5.99. The monoisotopic (exact) mass is 277 g/mol. The lowest BCUT2D eigenvalue weighted by Crippen LogP contribution is -2.49. The highest BCUT2D eigenvalue weighted by atomic mass is 16.2. The van der Waals surface area contributed by atoms with E-state index in [0.29, 0.717) is 6.04 Å². The van der Waals surface area contributed by atoms with Gasteiger partial charge >= 0.3 is 0 Å². The minimum atomic E-state index is -0.620. The molecule has 3 heterocycles. The van der Waals surface area contributed by atoms with Crippen LogP contribution in [0.2, 0.25) is 0 Å². The number of nitrogens with one attached hydrogen (secondary N) is 1. The number of amides is 1. The molecule has 1 aromatic heterocycles. The number of hydrogen-bond acceptors (Lipinski definition) is 4. The van der Waals surface area contributed by atoms with Gasteiger partial charge in [0.1, 0.15) is 6.04 Å². The molecule has 6 heteroatoms. The first-order chi connectivity index (χ1) is 9.63. The second kappa shape index (κ2) is 5.54. The fourth-order valence-electron chi connectivity index (χ4n) is 3.40. The van der Waals surface area contributed by atoms with E-state index in [1.807, 2.05) is 7.05 Å². The Labute approximate surface area is 119 Å². The molecule has 0 spiro atoms. The highest BCUT2D eigenvalue weighted by molar-refractivity contribution is 5.83. The zero-order chi connectivity index (χ0) is 14.1. The van der Waals surface area contributed by atoms with E-state index >= 15 is 0 Å². The molecule has 20 heavy (non-hydrogen) atoms. The number of rotatable bonds is 3. The van der Waals surface area contributed by atoms with Gasteiger partial charge in [-0.15, -0.1) is 0 Å². The third-order valence-corrected chi connectivity index (χ3v) is 4.53. The van der Waals surface area contributed by atoms with Crippen LogP contribution in [-0.2, 0) is 11.8 Å². The molecule has 0 radical (unpaired) electrons. The van der Waals surface area contributed by atoms with Gasteiger partial charge in [-0.2, -0.15) is 5.10 Å². The predicted octanol–water partition coefficient (Wildman–Crippen LogP) is 0.163. The minimum Gasteiger partial charge on any atom is -0.352 e. The first-order valence-corrected chi connectivity index (χ1v) is 7.42. The molecule has 0 aromatic carbocycles. The summed E-state index contributed by atoms with van der Waals surface area (Å²) < 4.78 is 1.67. The van der Waals surface area contributed by atoms with E-state index in [4.69, 9.17) is 5.73 Å². The van der Waals surface area contributed by atoms with Crippen molar-refractivity contribution in [1.29, 1.82) is 0 Å². The summed E-state index contributed by atoms with van der Waals surface area (Å²) in [5, 5.41) is 7.17. The predicted molar refractivity (Wildman–Crippen MR) is 75.9 cm³/mol. The third-order valence-electron chi connectivity index (χ3n) is 4.53. The van der Waals surface area contributed by atoms with E-state index in [1.54, 1.807) is 17.1 Å². The molecule has 2 saturated heterocycles. The van der Waals surface area contributed by atoms with Crippen LogP contribution in [0.4, 0.5) is 0 Å². The van der Waals surface area contributed by atoms with Gasteiger partial charge in [0.05, 0.1) is 6.20 Å². The molecule has 3 atom stereocenters. The molecule has 0 saturated carbocycles. The van der Waals surface area contributed by atoms with E-state index < -0.39 is 6.04 Å². The summed E-state index contributed by atoms with van der Waals surface area (Å²) in [6, 6.07) is 0.304. The third kappa shape index (κ3) is 2.71. The fraction of sp³-hybridized carbons (Fsp3) is 0.714. The van der Waals surface area contributed by atoms with Crippen molar-refractivity contribution in [3.05, 3.63) is 18.0 Å². The van der Waals surface area contributed by atoms with Gasteiger partial charge in [0.15, 0.2) is 0 Å². The van der Waals surface area contributed by atoms with Crippen LogP contribution in [0.25, 0.3) is 0 Å². The highest BCUT2D eigenvalue weighted by Crippen LogP contribution is 2.27. The van der Waals surface area contributed by atoms with E-state index in [1.165, 1.54) is 19.4 Å². The van der Waals surface area contributed by atoms with E-state index in [-0.39, 0.29) is 11.9 Å². The number of carbonyl (C=O) groups excluding carboxylic acids is 1. The number of carbonyl (C=O) groups is 1. The van der Waals surface area contributed by atoms with Gasteiger partial charge < -0.3 is 16.0 Å². The largest absolute Gasteiger partial charge is 0.352 e. The first kappa shape index (κ1) is 13.6. The Bertz CT molecular complexity index is 486. The molecule has 0 aliphatic carbocycles. The fourth-order valence-corrected chi connectivity index (χ4v) is 3.40. The molecule has 3 N–H and O–H groups in total. The summed E-state index contributed by atoms with van der Waals surface area (Å²) in [5.41, 5.74) is 6.77. The van der Waals surface area contributed by atoms with Gasteiger partial charge in [-0.1, -0.05) is 0 Å². The van der Waals surface area contributed by atoms with Crippen LogP contribution >= 0.6 is 0 Å². The Kier molecular flexibility index (Phi) is 3.76. The quantitative estimate of drug-likeness (QED) is 0.825. The number of aromatic nitrogens is 2. The summed E-state index contributed by atoms with van der Waals surface area (Å²) in [6.45, 7) is 2.32. The number of aryl methyl sites for hydroxylation is 1. The number of hydrogen-bond donors (Lipinski definition) is 2. The van der Waals surface area contributed by atoms with Crippen molar-refractivity contribution in [3.63, 3.8) is 0 Å². The standard InChI is InChI=1S/C14H23N5O/c1-18-9-10(8-16-18)13(15)14(20)17-11-4-6-19-5-2-3-12(19)7-11/h8-9,11-13H,2-7,15H2,1H3,(H,17,20). The van der Waals surface area contributed by atoms with E-state index in [2.05, 4.69) is 15.3 Å². The van der Waals surface area contributed by atoms with Gasteiger partial charge in [0.2, 0.25) is 5.91 Å². The summed E-state index contributed by atoms with van der Waals surface area (Å²) >= 11 is 0. The van der Waals surface area contributed by atoms with E-state index in [0.717, 1.165) is 24.9 Å². The number of nitrogens with two attached hydrogens (primary N) is 1. The van der Waals surface area contributed by atoms with E-state index in [9.17, 15) is 4.79 Å². The highest BCUT2D eigenvalue weighted by Gasteiger charge is 2.33. The maximum Gasteiger partial charge on any atom is 0.241 e. The molecule has 3 rings (SSSR count). The molecule has 1 aromatic rings. The second-order valence-corrected chi connectivity index (χ2v) is 5.99. The van der Waals surface area contributed by atoms with Crippen molar-refractivity contribution in [2.45, 2.75) is 43.8 Å². The summed E-state index contributed by atoms with van der Waals surface area (Å²) in [4.78, 5) is 14.8. The Morgan fingerprint density at radius 3 is 3.10 bits per heavy atom. The normalized spacial score (nSPS) is 28.1.